The molecule has 0 saturated heterocycles. The van der Waals surface area contributed by atoms with E-state index in [4.69, 9.17) is 32.7 Å². The van der Waals surface area contributed by atoms with Crippen molar-refractivity contribution >= 4 is 41.2 Å². The number of benzene rings is 2. The van der Waals surface area contributed by atoms with Crippen LogP contribution in [0, 0.1) is 11.3 Å². The quantitative estimate of drug-likeness (QED) is 0.230. The zero-order valence-corrected chi connectivity index (χ0v) is 16.9. The van der Waals surface area contributed by atoms with Crippen LogP contribution in [-0.4, -0.2) is 25.5 Å². The zero-order chi connectivity index (χ0) is 21.4. The summed E-state index contributed by atoms with van der Waals surface area (Å²) in [5.41, 5.74) is 0.645. The third-order valence-electron chi connectivity index (χ3n) is 3.63. The Hall–Kier alpha value is -3.27. The van der Waals surface area contributed by atoms with Gasteiger partial charge in [0.15, 0.2) is 11.5 Å². The number of esters is 1. The Balaban J connectivity index is 2.25. The minimum absolute atomic E-state index is 0.0885. The molecule has 0 heterocycles. The third kappa shape index (κ3) is 5.85. The van der Waals surface area contributed by atoms with Crippen LogP contribution in [0.25, 0.3) is 6.08 Å². The number of amides is 1. The van der Waals surface area contributed by atoms with Crippen LogP contribution in [0.15, 0.2) is 54.6 Å². The fourth-order valence-corrected chi connectivity index (χ4v) is 2.51. The van der Waals surface area contributed by atoms with Crippen molar-refractivity contribution in [1.82, 2.24) is 5.32 Å². The maximum atomic E-state index is 12.3. The van der Waals surface area contributed by atoms with Gasteiger partial charge < -0.3 is 14.8 Å². The highest BCUT2D eigenvalue weighted by atomic mass is 35.5. The van der Waals surface area contributed by atoms with Gasteiger partial charge in [-0.05, 0) is 42.0 Å². The molecule has 0 aliphatic carbocycles. The van der Waals surface area contributed by atoms with Crippen LogP contribution < -0.4 is 14.8 Å². The van der Waals surface area contributed by atoms with Crippen LogP contribution in [0.4, 0.5) is 0 Å². The summed E-state index contributed by atoms with van der Waals surface area (Å²) in [7, 11) is 1.40. The van der Waals surface area contributed by atoms with E-state index in [2.05, 4.69) is 11.9 Å². The lowest BCUT2D eigenvalue weighted by Gasteiger charge is -2.10. The molecule has 0 unspecified atom stereocenters. The maximum absolute atomic E-state index is 12.3. The Labute approximate surface area is 177 Å². The van der Waals surface area contributed by atoms with Gasteiger partial charge in [-0.15, -0.1) is 6.58 Å². The molecule has 0 fully saturated rings. The number of hydrogen-bond donors (Lipinski definition) is 1. The summed E-state index contributed by atoms with van der Waals surface area (Å²) in [5.74, 6) is -0.764. The molecule has 2 aromatic carbocycles. The molecule has 6 nitrogen and oxygen atoms in total. The lowest BCUT2D eigenvalue weighted by Crippen LogP contribution is -2.24. The van der Waals surface area contributed by atoms with E-state index in [0.717, 1.165) is 0 Å². The average molecular weight is 431 g/mol. The first kappa shape index (κ1) is 22.0. The fourth-order valence-electron chi connectivity index (χ4n) is 2.22. The van der Waals surface area contributed by atoms with Crippen LogP contribution in [0.1, 0.15) is 15.9 Å². The highest BCUT2D eigenvalue weighted by Gasteiger charge is 2.15. The fraction of sp³-hybridized carbons (Fsp3) is 0.0952. The lowest BCUT2D eigenvalue weighted by molar-refractivity contribution is -0.116. The van der Waals surface area contributed by atoms with Crippen LogP contribution in [0.5, 0.6) is 11.5 Å². The molecular weight excluding hydrogens is 415 g/mol. The molecule has 2 rings (SSSR count). The van der Waals surface area contributed by atoms with Crippen LogP contribution in [0.3, 0.4) is 0 Å². The number of methoxy groups -OCH3 is 1. The Bertz CT molecular complexity index is 1030. The second-order valence-corrected chi connectivity index (χ2v) is 6.41. The van der Waals surface area contributed by atoms with E-state index in [0.29, 0.717) is 10.6 Å². The smallest absolute Gasteiger partial charge is 0.343 e. The first-order valence-electron chi connectivity index (χ1n) is 8.25. The molecule has 0 aromatic heterocycles. The number of hydrogen-bond acceptors (Lipinski definition) is 5. The van der Waals surface area contributed by atoms with Crippen molar-refractivity contribution in [2.75, 3.05) is 13.7 Å². The van der Waals surface area contributed by atoms with Gasteiger partial charge in [-0.1, -0.05) is 35.3 Å². The molecule has 0 aliphatic heterocycles. The van der Waals surface area contributed by atoms with Crippen LogP contribution in [0.2, 0.25) is 10.0 Å². The SMILES string of the molecule is C=CCNC(=O)/C(C#N)=C/c1ccc(OC(=O)c2ccc(Cl)c(Cl)c2)c(OC)c1. The Morgan fingerprint density at radius 1 is 1.17 bits per heavy atom. The maximum Gasteiger partial charge on any atom is 0.343 e. The number of nitrogens with one attached hydrogen (secondary N) is 1. The van der Waals surface area contributed by atoms with Gasteiger partial charge in [-0.3, -0.25) is 4.79 Å². The molecule has 0 bridgehead atoms. The summed E-state index contributed by atoms with van der Waals surface area (Å²) in [4.78, 5) is 24.3. The molecule has 1 N–H and O–H groups in total. The molecule has 8 heteroatoms. The molecule has 0 saturated carbocycles. The van der Waals surface area contributed by atoms with E-state index in [1.165, 1.54) is 49.6 Å². The van der Waals surface area contributed by atoms with E-state index in [-0.39, 0.29) is 34.2 Å². The van der Waals surface area contributed by atoms with Gasteiger partial charge in [0.25, 0.3) is 5.91 Å². The number of ether oxygens (including phenoxy) is 2. The minimum atomic E-state index is -0.647. The number of carbonyl (C=O) groups excluding carboxylic acids is 2. The summed E-state index contributed by atoms with van der Waals surface area (Å²) in [6, 6.07) is 10.8. The number of halogens is 2. The van der Waals surface area contributed by atoms with E-state index < -0.39 is 11.9 Å². The standard InChI is InChI=1S/C21H16Cl2N2O4/c1-3-8-25-20(26)15(12-24)9-13-4-7-18(19(10-13)28-2)29-21(27)14-5-6-16(22)17(23)11-14/h3-7,9-11H,1,8H2,2H3,(H,25,26)/b15-9+. The molecule has 1 amide bonds. The molecule has 0 atom stereocenters. The summed E-state index contributed by atoms with van der Waals surface area (Å²) in [6.45, 7) is 3.74. The van der Waals surface area contributed by atoms with Crippen molar-refractivity contribution in [1.29, 1.82) is 5.26 Å². The van der Waals surface area contributed by atoms with E-state index in [1.807, 2.05) is 6.07 Å². The highest BCUT2D eigenvalue weighted by Crippen LogP contribution is 2.30. The van der Waals surface area contributed by atoms with Crippen molar-refractivity contribution in [3.8, 4) is 17.6 Å². The van der Waals surface area contributed by atoms with Gasteiger partial charge >= 0.3 is 5.97 Å². The molecule has 0 radical (unpaired) electrons. The van der Waals surface area contributed by atoms with E-state index in [1.54, 1.807) is 6.07 Å². The number of nitrogens with zero attached hydrogens (tertiary/aromatic N) is 1. The second kappa shape index (κ2) is 10.3. The van der Waals surface area contributed by atoms with Crippen molar-refractivity contribution < 1.29 is 19.1 Å². The Kier molecular flexibility index (Phi) is 7.84. The Morgan fingerprint density at radius 3 is 2.55 bits per heavy atom. The number of nitriles is 1. The summed E-state index contributed by atoms with van der Waals surface area (Å²) in [5, 5.41) is 12.3. The largest absolute Gasteiger partial charge is 0.493 e. The van der Waals surface area contributed by atoms with Gasteiger partial charge in [0.2, 0.25) is 0 Å². The van der Waals surface area contributed by atoms with E-state index in [9.17, 15) is 14.9 Å². The first-order chi connectivity index (χ1) is 13.9. The Morgan fingerprint density at radius 2 is 1.93 bits per heavy atom. The van der Waals surface area contributed by atoms with Crippen LogP contribution >= 0.6 is 23.2 Å². The molecule has 0 aliphatic rings. The van der Waals surface area contributed by atoms with Crippen molar-refractivity contribution in [3.05, 3.63) is 75.8 Å². The van der Waals surface area contributed by atoms with Gasteiger partial charge in [-0.2, -0.15) is 5.26 Å². The molecule has 0 spiro atoms. The summed E-state index contributed by atoms with van der Waals surface area (Å²) < 4.78 is 10.6. The lowest BCUT2D eigenvalue weighted by atomic mass is 10.1. The number of rotatable bonds is 7. The van der Waals surface area contributed by atoms with Gasteiger partial charge in [0.1, 0.15) is 11.6 Å². The third-order valence-corrected chi connectivity index (χ3v) is 4.37. The zero-order valence-electron chi connectivity index (χ0n) is 15.4. The predicted octanol–water partition coefficient (Wildman–Crippen LogP) is 4.43. The minimum Gasteiger partial charge on any atom is -0.493 e. The molecule has 148 valence electrons. The topological polar surface area (TPSA) is 88.4 Å². The molecule has 29 heavy (non-hydrogen) atoms. The summed E-state index contributed by atoms with van der Waals surface area (Å²) >= 11 is 11.8. The van der Waals surface area contributed by atoms with Gasteiger partial charge in [-0.25, -0.2) is 4.79 Å². The van der Waals surface area contributed by atoms with Crippen molar-refractivity contribution in [2.24, 2.45) is 0 Å². The molecule has 2 aromatic rings. The van der Waals surface area contributed by atoms with Crippen molar-refractivity contribution in [3.63, 3.8) is 0 Å². The average Bonchev–Trinajstić information content (AvgIpc) is 2.72. The monoisotopic (exact) mass is 430 g/mol. The normalized spacial score (nSPS) is 10.6. The molecular formula is C21H16Cl2N2O4. The highest BCUT2D eigenvalue weighted by molar-refractivity contribution is 6.42. The van der Waals surface area contributed by atoms with Crippen molar-refractivity contribution in [2.45, 2.75) is 0 Å². The van der Waals surface area contributed by atoms with Gasteiger partial charge in [0.05, 0.1) is 22.7 Å². The first-order valence-corrected chi connectivity index (χ1v) is 9.01. The van der Waals surface area contributed by atoms with E-state index >= 15 is 0 Å². The second-order valence-electron chi connectivity index (χ2n) is 5.60. The summed E-state index contributed by atoms with van der Waals surface area (Å²) in [6.07, 6.45) is 2.90. The number of carbonyl (C=O) groups is 2. The predicted molar refractivity (Wildman–Crippen MR) is 111 cm³/mol. The van der Waals surface area contributed by atoms with Gasteiger partial charge in [0, 0.05) is 6.54 Å². The van der Waals surface area contributed by atoms with Crippen LogP contribution in [-0.2, 0) is 4.79 Å².